The first-order valence-electron chi connectivity index (χ1n) is 7.95. The molecule has 1 saturated heterocycles. The molecule has 0 spiro atoms. The molecule has 0 aliphatic carbocycles. The Morgan fingerprint density at radius 3 is 2.44 bits per heavy atom. The van der Waals surface area contributed by atoms with Crippen LogP contribution in [0.4, 0.5) is 0 Å². The fraction of sp³-hybridized carbons (Fsp3) is 0.533. The Bertz CT molecular complexity index is 804. The molecule has 140 valence electrons. The molecule has 1 fully saturated rings. The molecule has 10 heteroatoms. The smallest absolute Gasteiger partial charge is 0.240 e. The van der Waals surface area contributed by atoms with Crippen molar-refractivity contribution in [2.24, 2.45) is 0 Å². The van der Waals surface area contributed by atoms with Crippen LogP contribution in [0.3, 0.4) is 0 Å². The largest absolute Gasteiger partial charge is 0.352 e. The van der Waals surface area contributed by atoms with Crippen LogP contribution >= 0.6 is 0 Å². The average molecular weight is 389 g/mol. The van der Waals surface area contributed by atoms with E-state index < -0.39 is 19.9 Å². The number of hydrogen-bond acceptors (Lipinski definition) is 6. The Labute approximate surface area is 148 Å². The van der Waals surface area contributed by atoms with Crippen molar-refractivity contribution >= 4 is 25.8 Å². The van der Waals surface area contributed by atoms with Crippen LogP contribution in [0.2, 0.25) is 0 Å². The summed E-state index contributed by atoms with van der Waals surface area (Å²) >= 11 is 0. The molecule has 1 aromatic rings. The first-order chi connectivity index (χ1) is 11.7. The van der Waals surface area contributed by atoms with E-state index in [-0.39, 0.29) is 34.9 Å². The predicted octanol–water partition coefficient (Wildman–Crippen LogP) is -0.622. The van der Waals surface area contributed by atoms with Crippen molar-refractivity contribution in [2.75, 3.05) is 24.6 Å². The van der Waals surface area contributed by atoms with Crippen LogP contribution in [-0.2, 0) is 31.2 Å². The Hall–Kier alpha value is -1.49. The van der Waals surface area contributed by atoms with Crippen molar-refractivity contribution in [2.45, 2.75) is 30.8 Å². The molecule has 1 amide bonds. The fourth-order valence-corrected chi connectivity index (χ4v) is 5.25. The average Bonchev–Trinajstić information content (AvgIpc) is 2.89. The van der Waals surface area contributed by atoms with Gasteiger partial charge in [-0.25, -0.2) is 21.6 Å². The summed E-state index contributed by atoms with van der Waals surface area (Å²) in [7, 11) is -6.57. The van der Waals surface area contributed by atoms with Gasteiger partial charge in [0, 0.05) is 32.6 Å². The van der Waals surface area contributed by atoms with Crippen LogP contribution in [0.15, 0.2) is 29.2 Å². The highest BCUT2D eigenvalue weighted by atomic mass is 32.2. The first-order valence-corrected chi connectivity index (χ1v) is 11.3. The lowest BCUT2D eigenvalue weighted by molar-refractivity contribution is -0.119. The van der Waals surface area contributed by atoms with Gasteiger partial charge in [0.1, 0.15) is 0 Å². The summed E-state index contributed by atoms with van der Waals surface area (Å²) in [6, 6.07) is 6.15. The summed E-state index contributed by atoms with van der Waals surface area (Å²) in [4.78, 5) is 11.0. The Morgan fingerprint density at radius 1 is 1.20 bits per heavy atom. The zero-order valence-corrected chi connectivity index (χ0v) is 15.6. The molecular weight excluding hydrogens is 366 g/mol. The lowest BCUT2D eigenvalue weighted by atomic mass is 10.2. The zero-order chi connectivity index (χ0) is 18.5. The van der Waals surface area contributed by atoms with Crippen LogP contribution in [0.1, 0.15) is 18.9 Å². The molecule has 1 atom stereocenters. The lowest BCUT2D eigenvalue weighted by Gasteiger charge is -2.12. The molecule has 0 bridgehead atoms. The Kier molecular flexibility index (Phi) is 6.55. The second kappa shape index (κ2) is 8.26. The van der Waals surface area contributed by atoms with Crippen LogP contribution in [0.5, 0.6) is 0 Å². The van der Waals surface area contributed by atoms with Gasteiger partial charge in [0.2, 0.25) is 15.9 Å². The normalized spacial score (nSPS) is 19.6. The second-order valence-electron chi connectivity index (χ2n) is 6.01. The van der Waals surface area contributed by atoms with Gasteiger partial charge in [-0.3, -0.25) is 4.79 Å². The molecule has 8 nitrogen and oxygen atoms in total. The number of sulfone groups is 1. The minimum Gasteiger partial charge on any atom is -0.352 e. The SMILES string of the molecule is CC(=O)NCc1ccc(S(=O)(=O)NCCN[C@H]2CCS(=O)(=O)C2)cc1. The van der Waals surface area contributed by atoms with Gasteiger partial charge < -0.3 is 10.6 Å². The van der Waals surface area contributed by atoms with Crippen molar-refractivity contribution in [3.8, 4) is 0 Å². The van der Waals surface area contributed by atoms with Gasteiger partial charge >= 0.3 is 0 Å². The van der Waals surface area contributed by atoms with Crippen molar-refractivity contribution in [1.82, 2.24) is 15.4 Å². The van der Waals surface area contributed by atoms with Crippen molar-refractivity contribution in [3.05, 3.63) is 29.8 Å². The summed E-state index contributed by atoms with van der Waals surface area (Å²) in [5.41, 5.74) is 0.804. The number of sulfonamides is 1. The van der Waals surface area contributed by atoms with E-state index in [0.29, 0.717) is 19.5 Å². The summed E-state index contributed by atoms with van der Waals surface area (Å²) in [6.45, 7) is 2.29. The number of carbonyl (C=O) groups is 1. The number of rotatable bonds is 8. The highest BCUT2D eigenvalue weighted by molar-refractivity contribution is 7.91. The third-order valence-electron chi connectivity index (χ3n) is 3.86. The first kappa shape index (κ1) is 19.8. The molecule has 1 heterocycles. The van der Waals surface area contributed by atoms with E-state index in [4.69, 9.17) is 0 Å². The summed E-state index contributed by atoms with van der Waals surface area (Å²) in [6.07, 6.45) is 0.560. The minimum atomic E-state index is -3.62. The molecular formula is C15H23N3O5S2. The molecule has 0 saturated carbocycles. The fourth-order valence-electron chi connectivity index (χ4n) is 2.51. The third kappa shape index (κ3) is 6.38. The Balaban J connectivity index is 1.79. The molecule has 0 aromatic heterocycles. The van der Waals surface area contributed by atoms with Crippen molar-refractivity contribution in [3.63, 3.8) is 0 Å². The summed E-state index contributed by atoms with van der Waals surface area (Å²) in [5.74, 6) is 0.137. The molecule has 0 radical (unpaired) electrons. The van der Waals surface area contributed by atoms with E-state index in [9.17, 15) is 21.6 Å². The van der Waals surface area contributed by atoms with Gasteiger partial charge in [-0.05, 0) is 24.1 Å². The number of carbonyl (C=O) groups excluding carboxylic acids is 1. The molecule has 1 aromatic carbocycles. The topological polar surface area (TPSA) is 121 Å². The number of hydrogen-bond donors (Lipinski definition) is 3. The van der Waals surface area contributed by atoms with Gasteiger partial charge in [-0.15, -0.1) is 0 Å². The highest BCUT2D eigenvalue weighted by Crippen LogP contribution is 2.12. The lowest BCUT2D eigenvalue weighted by Crippen LogP contribution is -2.37. The Morgan fingerprint density at radius 2 is 1.88 bits per heavy atom. The maximum atomic E-state index is 12.2. The van der Waals surface area contributed by atoms with Gasteiger partial charge in [0.05, 0.1) is 16.4 Å². The van der Waals surface area contributed by atoms with E-state index in [1.807, 2.05) is 0 Å². The third-order valence-corrected chi connectivity index (χ3v) is 7.10. The van der Waals surface area contributed by atoms with Crippen molar-refractivity contribution in [1.29, 1.82) is 0 Å². The van der Waals surface area contributed by atoms with Gasteiger partial charge in [-0.2, -0.15) is 0 Å². The zero-order valence-electron chi connectivity index (χ0n) is 14.0. The molecule has 2 rings (SSSR count). The van der Waals surface area contributed by atoms with Gasteiger partial charge in [0.25, 0.3) is 0 Å². The number of amides is 1. The molecule has 25 heavy (non-hydrogen) atoms. The van der Waals surface area contributed by atoms with Gasteiger partial charge in [0.15, 0.2) is 9.84 Å². The van der Waals surface area contributed by atoms with E-state index in [1.165, 1.54) is 19.1 Å². The monoisotopic (exact) mass is 389 g/mol. The summed E-state index contributed by atoms with van der Waals surface area (Å²) in [5, 5.41) is 5.69. The van der Waals surface area contributed by atoms with E-state index in [0.717, 1.165) is 5.56 Å². The number of nitrogens with one attached hydrogen (secondary N) is 3. The van der Waals surface area contributed by atoms with Crippen LogP contribution in [-0.4, -0.2) is 53.4 Å². The predicted molar refractivity (Wildman–Crippen MR) is 94.2 cm³/mol. The van der Waals surface area contributed by atoms with Crippen LogP contribution in [0, 0.1) is 0 Å². The maximum absolute atomic E-state index is 12.2. The maximum Gasteiger partial charge on any atom is 0.240 e. The van der Waals surface area contributed by atoms with E-state index >= 15 is 0 Å². The molecule has 3 N–H and O–H groups in total. The van der Waals surface area contributed by atoms with E-state index in [2.05, 4.69) is 15.4 Å². The number of benzene rings is 1. The molecule has 1 aliphatic rings. The quantitative estimate of drug-likeness (QED) is 0.510. The minimum absolute atomic E-state index is 0.107. The highest BCUT2D eigenvalue weighted by Gasteiger charge is 2.27. The van der Waals surface area contributed by atoms with Crippen LogP contribution in [0.25, 0.3) is 0 Å². The molecule has 0 unspecified atom stereocenters. The van der Waals surface area contributed by atoms with Gasteiger partial charge in [-0.1, -0.05) is 12.1 Å². The second-order valence-corrected chi connectivity index (χ2v) is 10.0. The molecule has 1 aliphatic heterocycles. The standard InChI is InChI=1S/C15H23N3O5S2/c1-12(19)17-10-13-2-4-15(5-3-13)25(22,23)18-8-7-16-14-6-9-24(20,21)11-14/h2-5,14,16,18H,6-11H2,1H3,(H,17,19)/t14-/m0/s1. The van der Waals surface area contributed by atoms with Crippen LogP contribution < -0.4 is 15.4 Å². The summed E-state index contributed by atoms with van der Waals surface area (Å²) < 4.78 is 49.6. The van der Waals surface area contributed by atoms with E-state index in [1.54, 1.807) is 12.1 Å². The van der Waals surface area contributed by atoms with Crippen molar-refractivity contribution < 1.29 is 21.6 Å².